The van der Waals surface area contributed by atoms with Crippen molar-refractivity contribution in [2.24, 2.45) is 17.6 Å². The van der Waals surface area contributed by atoms with Crippen molar-refractivity contribution in [1.82, 2.24) is 5.32 Å². The highest BCUT2D eigenvalue weighted by atomic mass is 16.4. The van der Waals surface area contributed by atoms with E-state index in [1.165, 1.54) is 0 Å². The number of carbonyl (C=O) groups excluding carboxylic acids is 1. The minimum atomic E-state index is -0.754. The van der Waals surface area contributed by atoms with Crippen LogP contribution in [0.2, 0.25) is 0 Å². The van der Waals surface area contributed by atoms with Crippen molar-refractivity contribution in [1.29, 1.82) is 0 Å². The van der Waals surface area contributed by atoms with Gasteiger partial charge in [-0.15, -0.1) is 0 Å². The normalized spacial score (nSPS) is 15.4. The first-order valence-corrected chi connectivity index (χ1v) is 7.59. The van der Waals surface area contributed by atoms with Crippen molar-refractivity contribution in [3.63, 3.8) is 0 Å². The van der Waals surface area contributed by atoms with E-state index < -0.39 is 5.97 Å². The zero-order valence-corrected chi connectivity index (χ0v) is 13.0. The largest absolute Gasteiger partial charge is 0.481 e. The average molecular weight is 286 g/mol. The van der Waals surface area contributed by atoms with Crippen LogP contribution in [0.5, 0.6) is 0 Å². The number of rotatable bonds is 11. The van der Waals surface area contributed by atoms with Gasteiger partial charge in [-0.2, -0.15) is 0 Å². The van der Waals surface area contributed by atoms with E-state index in [1.54, 1.807) is 6.92 Å². The standard InChI is InChI=1S/C15H30N2O3/c1-11(9-10-16)7-8-14(18)17-13(3)6-4-5-12(2)15(19)20/h11-13H,4-10,16H2,1-3H3,(H,17,18)(H,19,20). The van der Waals surface area contributed by atoms with E-state index in [2.05, 4.69) is 12.2 Å². The van der Waals surface area contributed by atoms with Crippen molar-refractivity contribution >= 4 is 11.9 Å². The summed E-state index contributed by atoms with van der Waals surface area (Å²) in [5.74, 6) is -0.504. The lowest BCUT2D eigenvalue weighted by molar-refractivity contribution is -0.141. The number of carboxylic acids is 1. The number of amides is 1. The van der Waals surface area contributed by atoms with Crippen LogP contribution < -0.4 is 11.1 Å². The van der Waals surface area contributed by atoms with Crippen molar-refractivity contribution in [3.8, 4) is 0 Å². The third-order valence-corrected chi connectivity index (χ3v) is 3.63. The summed E-state index contributed by atoms with van der Waals surface area (Å²) in [5, 5.41) is 11.7. The fraction of sp³-hybridized carbons (Fsp3) is 0.867. The Labute approximate surface area is 122 Å². The summed E-state index contributed by atoms with van der Waals surface area (Å²) in [7, 11) is 0. The van der Waals surface area contributed by atoms with Crippen LogP contribution in [-0.4, -0.2) is 29.6 Å². The molecule has 118 valence electrons. The topological polar surface area (TPSA) is 92.4 Å². The highest BCUT2D eigenvalue weighted by Crippen LogP contribution is 2.11. The number of carbonyl (C=O) groups is 2. The lowest BCUT2D eigenvalue weighted by Gasteiger charge is -2.15. The van der Waals surface area contributed by atoms with Crippen LogP contribution in [0, 0.1) is 11.8 Å². The van der Waals surface area contributed by atoms with E-state index in [-0.39, 0.29) is 17.9 Å². The van der Waals surface area contributed by atoms with Crippen molar-refractivity contribution < 1.29 is 14.7 Å². The molecule has 0 fully saturated rings. The maximum atomic E-state index is 11.7. The van der Waals surface area contributed by atoms with Crippen LogP contribution in [0.15, 0.2) is 0 Å². The number of carboxylic acid groups (broad SMARTS) is 1. The van der Waals surface area contributed by atoms with Gasteiger partial charge in [0.15, 0.2) is 0 Å². The Morgan fingerprint density at radius 1 is 1.10 bits per heavy atom. The molecule has 0 radical (unpaired) electrons. The van der Waals surface area contributed by atoms with E-state index in [9.17, 15) is 9.59 Å². The van der Waals surface area contributed by atoms with Gasteiger partial charge in [-0.1, -0.05) is 20.3 Å². The highest BCUT2D eigenvalue weighted by Gasteiger charge is 2.13. The van der Waals surface area contributed by atoms with Gasteiger partial charge in [0.2, 0.25) is 5.91 Å². The Morgan fingerprint density at radius 2 is 1.75 bits per heavy atom. The Morgan fingerprint density at radius 3 is 2.30 bits per heavy atom. The van der Waals surface area contributed by atoms with Gasteiger partial charge in [-0.05, 0) is 45.1 Å². The lowest BCUT2D eigenvalue weighted by atomic mass is 10.0. The summed E-state index contributed by atoms with van der Waals surface area (Å²) in [6, 6.07) is 0.105. The van der Waals surface area contributed by atoms with Crippen LogP contribution >= 0.6 is 0 Å². The summed E-state index contributed by atoms with van der Waals surface area (Å²) >= 11 is 0. The number of aliphatic carboxylic acids is 1. The summed E-state index contributed by atoms with van der Waals surface area (Å²) in [4.78, 5) is 22.4. The molecule has 3 unspecified atom stereocenters. The monoisotopic (exact) mass is 286 g/mol. The van der Waals surface area contributed by atoms with E-state index in [4.69, 9.17) is 10.8 Å². The van der Waals surface area contributed by atoms with E-state index >= 15 is 0 Å². The fourth-order valence-electron chi connectivity index (χ4n) is 2.08. The van der Waals surface area contributed by atoms with Gasteiger partial charge in [0.1, 0.15) is 0 Å². The van der Waals surface area contributed by atoms with E-state index in [1.807, 2.05) is 6.92 Å². The highest BCUT2D eigenvalue weighted by molar-refractivity contribution is 5.76. The second kappa shape index (κ2) is 10.7. The predicted octanol–water partition coefficient (Wildman–Crippen LogP) is 2.15. The maximum Gasteiger partial charge on any atom is 0.306 e. The van der Waals surface area contributed by atoms with Crippen LogP contribution in [0.3, 0.4) is 0 Å². The molecule has 5 nitrogen and oxygen atoms in total. The van der Waals surface area contributed by atoms with Crippen LogP contribution in [0.4, 0.5) is 0 Å². The molecule has 0 saturated heterocycles. The first kappa shape index (κ1) is 18.9. The molecule has 0 aliphatic rings. The molecular formula is C15H30N2O3. The lowest BCUT2D eigenvalue weighted by Crippen LogP contribution is -2.32. The smallest absolute Gasteiger partial charge is 0.306 e. The predicted molar refractivity (Wildman–Crippen MR) is 80.3 cm³/mol. The number of hydrogen-bond acceptors (Lipinski definition) is 3. The van der Waals surface area contributed by atoms with E-state index in [0.29, 0.717) is 25.3 Å². The molecule has 3 atom stereocenters. The maximum absolute atomic E-state index is 11.7. The third kappa shape index (κ3) is 9.78. The van der Waals surface area contributed by atoms with Gasteiger partial charge in [-0.25, -0.2) is 0 Å². The SMILES string of the molecule is CC(CCN)CCC(=O)NC(C)CCCC(C)C(=O)O. The summed E-state index contributed by atoms with van der Waals surface area (Å²) in [5.41, 5.74) is 5.47. The molecule has 5 heteroatoms. The van der Waals surface area contributed by atoms with Gasteiger partial charge in [-0.3, -0.25) is 9.59 Å². The molecule has 1 amide bonds. The number of hydrogen-bond donors (Lipinski definition) is 3. The molecular weight excluding hydrogens is 256 g/mol. The van der Waals surface area contributed by atoms with Crippen LogP contribution in [-0.2, 0) is 9.59 Å². The van der Waals surface area contributed by atoms with Gasteiger partial charge >= 0.3 is 5.97 Å². The molecule has 0 saturated carbocycles. The first-order chi connectivity index (χ1) is 9.36. The van der Waals surface area contributed by atoms with Gasteiger partial charge in [0, 0.05) is 12.5 Å². The Balaban J connectivity index is 3.72. The minimum absolute atomic E-state index is 0.0765. The molecule has 4 N–H and O–H groups in total. The van der Waals surface area contributed by atoms with Gasteiger partial charge < -0.3 is 16.2 Å². The Hall–Kier alpha value is -1.10. The zero-order valence-electron chi connectivity index (χ0n) is 13.0. The Bertz CT molecular complexity index is 295. The second-order valence-electron chi connectivity index (χ2n) is 5.86. The van der Waals surface area contributed by atoms with Crippen LogP contribution in [0.1, 0.15) is 59.3 Å². The molecule has 0 aromatic rings. The summed E-state index contributed by atoms with van der Waals surface area (Å²) in [6.07, 6.45) is 4.65. The molecule has 20 heavy (non-hydrogen) atoms. The van der Waals surface area contributed by atoms with Crippen LogP contribution in [0.25, 0.3) is 0 Å². The molecule has 0 heterocycles. The molecule has 0 aliphatic carbocycles. The molecule has 0 rings (SSSR count). The second-order valence-corrected chi connectivity index (χ2v) is 5.86. The van der Waals surface area contributed by atoms with Gasteiger partial charge in [0.25, 0.3) is 0 Å². The molecule has 0 aliphatic heterocycles. The third-order valence-electron chi connectivity index (χ3n) is 3.63. The number of nitrogens with two attached hydrogens (primary N) is 1. The first-order valence-electron chi connectivity index (χ1n) is 7.59. The molecule has 0 spiro atoms. The zero-order chi connectivity index (χ0) is 15.5. The van der Waals surface area contributed by atoms with Crippen molar-refractivity contribution in [2.75, 3.05) is 6.54 Å². The fourth-order valence-corrected chi connectivity index (χ4v) is 2.08. The Kier molecular flexibility index (Phi) is 10.1. The van der Waals surface area contributed by atoms with Crippen molar-refractivity contribution in [3.05, 3.63) is 0 Å². The van der Waals surface area contributed by atoms with Crippen molar-refractivity contribution in [2.45, 2.75) is 65.3 Å². The summed E-state index contributed by atoms with van der Waals surface area (Å²) < 4.78 is 0. The molecule has 0 bridgehead atoms. The molecule has 0 aromatic heterocycles. The molecule has 0 aromatic carbocycles. The van der Waals surface area contributed by atoms with E-state index in [0.717, 1.165) is 25.7 Å². The quantitative estimate of drug-likeness (QED) is 0.542. The number of nitrogens with one attached hydrogen (secondary N) is 1. The minimum Gasteiger partial charge on any atom is -0.481 e. The summed E-state index contributed by atoms with van der Waals surface area (Å²) in [6.45, 7) is 6.45. The van der Waals surface area contributed by atoms with Gasteiger partial charge in [0.05, 0.1) is 5.92 Å². The average Bonchev–Trinajstić information content (AvgIpc) is 2.36.